The maximum atomic E-state index is 12.3. The van der Waals surface area contributed by atoms with Crippen molar-refractivity contribution in [3.8, 4) is 0 Å². The van der Waals surface area contributed by atoms with Gasteiger partial charge in [0.1, 0.15) is 0 Å². The molecule has 0 spiro atoms. The molecule has 2 fully saturated rings. The molecule has 1 aliphatic heterocycles. The Morgan fingerprint density at radius 2 is 1.85 bits per heavy atom. The number of sulfonamides is 1. The Balaban J connectivity index is 1.25. The van der Waals surface area contributed by atoms with Crippen molar-refractivity contribution in [2.45, 2.75) is 43.6 Å². The zero-order valence-corrected chi connectivity index (χ0v) is 21.0. The fourth-order valence-corrected chi connectivity index (χ4v) is 7.71. The Morgan fingerprint density at radius 3 is 2.56 bits per heavy atom. The Morgan fingerprint density at radius 1 is 1.12 bits per heavy atom. The molecule has 2 aromatic carbocycles. The van der Waals surface area contributed by atoms with Gasteiger partial charge in [-0.2, -0.15) is 0 Å². The van der Waals surface area contributed by atoms with Crippen LogP contribution in [0.25, 0.3) is 0 Å². The molecule has 34 heavy (non-hydrogen) atoms. The van der Waals surface area contributed by atoms with E-state index in [9.17, 15) is 13.5 Å². The van der Waals surface area contributed by atoms with Crippen LogP contribution in [0.5, 0.6) is 0 Å². The molecule has 3 aliphatic rings. The predicted molar refractivity (Wildman–Crippen MR) is 135 cm³/mol. The molecular formula is C27H36N2O4S. The molecule has 3 unspecified atom stereocenters. The van der Waals surface area contributed by atoms with E-state index in [4.69, 9.17) is 4.74 Å². The summed E-state index contributed by atoms with van der Waals surface area (Å²) in [5, 5.41) is 11.4. The number of nitrogens with one attached hydrogen (secondary N) is 1. The molecule has 2 aromatic rings. The van der Waals surface area contributed by atoms with E-state index in [1.54, 1.807) is 0 Å². The molecule has 0 amide bonds. The lowest BCUT2D eigenvalue weighted by Crippen LogP contribution is -2.47. The van der Waals surface area contributed by atoms with Crippen LogP contribution in [-0.2, 0) is 33.0 Å². The molecule has 2 N–H and O–H groups in total. The Hall–Kier alpha value is -1.93. The molecule has 5 rings (SSSR count). The first-order chi connectivity index (χ1) is 16.3. The van der Waals surface area contributed by atoms with Crippen LogP contribution in [0.15, 0.2) is 48.5 Å². The number of nitrogens with zero attached hydrogens (tertiary/aromatic N) is 1. The smallest absolute Gasteiger partial charge is 0.234 e. The molecule has 1 heterocycles. The maximum Gasteiger partial charge on any atom is 0.234 e. The van der Waals surface area contributed by atoms with Crippen molar-refractivity contribution in [2.24, 2.45) is 11.8 Å². The number of methoxy groups -OCH3 is 1. The van der Waals surface area contributed by atoms with E-state index in [2.05, 4.69) is 46.9 Å². The third-order valence-corrected chi connectivity index (χ3v) is 9.69. The van der Waals surface area contributed by atoms with E-state index in [-0.39, 0.29) is 17.8 Å². The molecular weight excluding hydrogens is 448 g/mol. The number of aryl methyl sites for hydroxylation is 1. The van der Waals surface area contributed by atoms with Crippen molar-refractivity contribution in [2.75, 3.05) is 43.8 Å². The maximum absolute atomic E-state index is 12.3. The number of hydrogen-bond acceptors (Lipinski definition) is 5. The van der Waals surface area contributed by atoms with Gasteiger partial charge in [-0.3, -0.25) is 9.62 Å². The van der Waals surface area contributed by atoms with E-state index in [1.165, 1.54) is 23.8 Å². The first-order valence-electron chi connectivity index (χ1n) is 12.4. The van der Waals surface area contributed by atoms with E-state index in [0.29, 0.717) is 17.5 Å². The van der Waals surface area contributed by atoms with E-state index in [0.717, 1.165) is 45.3 Å². The first kappa shape index (κ1) is 23.8. The van der Waals surface area contributed by atoms with Gasteiger partial charge in [0.25, 0.3) is 0 Å². The largest absolute Gasteiger partial charge is 0.388 e. The molecule has 0 radical (unpaired) electrons. The van der Waals surface area contributed by atoms with Crippen LogP contribution in [0.1, 0.15) is 36.5 Å². The van der Waals surface area contributed by atoms with Gasteiger partial charge in [0.2, 0.25) is 10.0 Å². The van der Waals surface area contributed by atoms with Gasteiger partial charge in [-0.1, -0.05) is 43.3 Å². The molecule has 184 valence electrons. The molecule has 7 heteroatoms. The SMILES string of the molecule is CCC1(c2cccc(NS(=O)(=O)CCOC)c2)C2CN(CC3(O)CCc4ccccc4C3)CC21. The van der Waals surface area contributed by atoms with Crippen LogP contribution in [0.3, 0.4) is 0 Å². The highest BCUT2D eigenvalue weighted by molar-refractivity contribution is 7.92. The van der Waals surface area contributed by atoms with E-state index < -0.39 is 15.6 Å². The molecule has 1 saturated carbocycles. The molecule has 2 aliphatic carbocycles. The lowest BCUT2D eigenvalue weighted by molar-refractivity contribution is -0.00666. The quantitative estimate of drug-likeness (QED) is 0.572. The number of likely N-dealkylation sites (tertiary alicyclic amines) is 1. The number of fused-ring (bicyclic) bond motifs is 2. The summed E-state index contributed by atoms with van der Waals surface area (Å²) in [6, 6.07) is 16.4. The summed E-state index contributed by atoms with van der Waals surface area (Å²) in [6.07, 6.45) is 3.53. The van der Waals surface area contributed by atoms with Crippen LogP contribution in [0.2, 0.25) is 0 Å². The van der Waals surface area contributed by atoms with Crippen molar-refractivity contribution in [3.05, 3.63) is 65.2 Å². The normalized spacial score (nSPS) is 30.6. The van der Waals surface area contributed by atoms with Crippen molar-refractivity contribution < 1.29 is 18.3 Å². The fraction of sp³-hybridized carbons (Fsp3) is 0.556. The number of piperidine rings is 1. The minimum absolute atomic E-state index is 0.0553. The summed E-state index contributed by atoms with van der Waals surface area (Å²) in [4.78, 5) is 2.45. The first-order valence-corrected chi connectivity index (χ1v) is 14.1. The third kappa shape index (κ3) is 4.39. The summed E-state index contributed by atoms with van der Waals surface area (Å²) in [6.45, 7) is 5.13. The van der Waals surface area contributed by atoms with E-state index >= 15 is 0 Å². The van der Waals surface area contributed by atoms with Crippen LogP contribution < -0.4 is 4.72 Å². The molecule has 6 nitrogen and oxygen atoms in total. The second-order valence-electron chi connectivity index (χ2n) is 10.5. The fourth-order valence-electron chi connectivity index (χ4n) is 6.73. The summed E-state index contributed by atoms with van der Waals surface area (Å²) >= 11 is 0. The van der Waals surface area contributed by atoms with Crippen LogP contribution in [0.4, 0.5) is 5.69 Å². The minimum atomic E-state index is -3.43. The number of ether oxygens (including phenoxy) is 1. The van der Waals surface area contributed by atoms with Gasteiger partial charge in [-0.25, -0.2) is 8.42 Å². The third-order valence-electron chi connectivity index (χ3n) is 8.44. The van der Waals surface area contributed by atoms with Gasteiger partial charge in [0.15, 0.2) is 0 Å². The number of aliphatic hydroxyl groups is 1. The highest BCUT2D eigenvalue weighted by atomic mass is 32.2. The predicted octanol–water partition coefficient (Wildman–Crippen LogP) is 3.20. The molecule has 0 aromatic heterocycles. The second-order valence-corrected chi connectivity index (χ2v) is 12.3. The van der Waals surface area contributed by atoms with Gasteiger partial charge in [-0.05, 0) is 59.9 Å². The number of rotatable bonds is 9. The van der Waals surface area contributed by atoms with Gasteiger partial charge in [0.05, 0.1) is 18.0 Å². The van der Waals surface area contributed by atoms with Crippen molar-refractivity contribution in [1.82, 2.24) is 4.90 Å². The summed E-state index contributed by atoms with van der Waals surface area (Å²) in [7, 11) is -1.93. The summed E-state index contributed by atoms with van der Waals surface area (Å²) in [5.41, 5.74) is 3.96. The average molecular weight is 485 g/mol. The summed E-state index contributed by atoms with van der Waals surface area (Å²) in [5.74, 6) is 1.05. The topological polar surface area (TPSA) is 78.9 Å². The average Bonchev–Trinajstić information content (AvgIpc) is 3.20. The van der Waals surface area contributed by atoms with E-state index in [1.807, 2.05) is 18.2 Å². The zero-order valence-electron chi connectivity index (χ0n) is 20.2. The van der Waals surface area contributed by atoms with Crippen LogP contribution in [0, 0.1) is 11.8 Å². The zero-order chi connectivity index (χ0) is 24.0. The highest BCUT2D eigenvalue weighted by Crippen LogP contribution is 2.65. The lowest BCUT2D eigenvalue weighted by atomic mass is 9.80. The van der Waals surface area contributed by atoms with Crippen LogP contribution in [-0.4, -0.2) is 63.1 Å². The molecule has 0 bridgehead atoms. The van der Waals surface area contributed by atoms with Gasteiger partial charge < -0.3 is 9.84 Å². The highest BCUT2D eigenvalue weighted by Gasteiger charge is 2.67. The Bertz CT molecular complexity index is 1140. The van der Waals surface area contributed by atoms with Crippen molar-refractivity contribution >= 4 is 15.7 Å². The van der Waals surface area contributed by atoms with Gasteiger partial charge in [-0.15, -0.1) is 0 Å². The number of benzene rings is 2. The van der Waals surface area contributed by atoms with Gasteiger partial charge in [0, 0.05) is 44.3 Å². The number of anilines is 1. The monoisotopic (exact) mass is 484 g/mol. The lowest BCUT2D eigenvalue weighted by Gasteiger charge is -2.38. The molecule has 1 saturated heterocycles. The number of hydrogen-bond donors (Lipinski definition) is 2. The van der Waals surface area contributed by atoms with Crippen LogP contribution >= 0.6 is 0 Å². The van der Waals surface area contributed by atoms with Crippen molar-refractivity contribution in [1.29, 1.82) is 0 Å². The Kier molecular flexibility index (Phi) is 6.25. The Labute approximate surface area is 203 Å². The minimum Gasteiger partial charge on any atom is -0.388 e. The standard InChI is InChI=1S/C27H36N2O4S/c1-3-27(22-9-6-10-23(15-22)28-34(31,32)14-13-33-2)24-17-29(18-25(24)27)19-26(30)12-11-20-7-4-5-8-21(20)16-26/h4-10,15,24-25,28,30H,3,11-14,16-19H2,1-2H3. The van der Waals surface area contributed by atoms with Gasteiger partial charge >= 0.3 is 0 Å². The summed E-state index contributed by atoms with van der Waals surface area (Å²) < 4.78 is 32.3. The van der Waals surface area contributed by atoms with Crippen molar-refractivity contribution in [3.63, 3.8) is 0 Å². The second kappa shape index (κ2) is 8.94. The molecule has 3 atom stereocenters. The number of β-amino-alcohol motifs (C(OH)–C–C–N with tert-alkyl or cyclic N) is 1.